The van der Waals surface area contributed by atoms with E-state index in [1.165, 1.54) is 12.8 Å². The van der Waals surface area contributed by atoms with Gasteiger partial charge in [0.1, 0.15) is 6.04 Å². The average molecular weight is 538 g/mol. The van der Waals surface area contributed by atoms with E-state index in [9.17, 15) is 19.2 Å². The third-order valence-electron chi connectivity index (χ3n) is 9.14. The van der Waals surface area contributed by atoms with Crippen LogP contribution in [0.4, 0.5) is 5.69 Å². The first kappa shape index (κ1) is 27.6. The molecule has 1 unspecified atom stereocenters. The predicted molar refractivity (Wildman–Crippen MR) is 149 cm³/mol. The van der Waals surface area contributed by atoms with Crippen molar-refractivity contribution < 1.29 is 19.2 Å². The topological polar surface area (TPSA) is 102 Å². The van der Waals surface area contributed by atoms with Crippen LogP contribution in [0.2, 0.25) is 0 Å². The Morgan fingerprint density at radius 1 is 1.03 bits per heavy atom. The Bertz CT molecular complexity index is 1090. The second-order valence-electron chi connectivity index (χ2n) is 11.6. The van der Waals surface area contributed by atoms with Crippen LogP contribution in [0.5, 0.6) is 0 Å². The number of rotatable bonds is 11. The third kappa shape index (κ3) is 6.13. The molecule has 3 fully saturated rings. The molecule has 1 atom stereocenters. The van der Waals surface area contributed by atoms with Crippen molar-refractivity contribution in [3.63, 3.8) is 0 Å². The van der Waals surface area contributed by atoms with Gasteiger partial charge >= 0.3 is 0 Å². The van der Waals surface area contributed by atoms with Crippen LogP contribution < -0.4 is 15.5 Å². The number of fused-ring (bicyclic) bond motifs is 1. The van der Waals surface area contributed by atoms with E-state index in [1.54, 1.807) is 4.90 Å². The number of nitrogens with one attached hydrogen (secondary N) is 2. The lowest BCUT2D eigenvalue weighted by molar-refractivity contribution is -0.137. The van der Waals surface area contributed by atoms with Crippen LogP contribution in [0.1, 0.15) is 87.6 Å². The third-order valence-corrected chi connectivity index (χ3v) is 9.14. The lowest BCUT2D eigenvalue weighted by Gasteiger charge is -2.40. The molecule has 1 aromatic carbocycles. The van der Waals surface area contributed by atoms with E-state index in [0.717, 1.165) is 68.9 Å². The van der Waals surface area contributed by atoms with Gasteiger partial charge in [0.15, 0.2) is 0 Å². The summed E-state index contributed by atoms with van der Waals surface area (Å²) in [6, 6.07) is 6.11. The van der Waals surface area contributed by atoms with Gasteiger partial charge < -0.3 is 20.0 Å². The van der Waals surface area contributed by atoms with Gasteiger partial charge in [-0.15, -0.1) is 0 Å². The SMILES string of the molecule is CCN(CC)C(=O)CN[C@H]1CC[C@H](N(CCC2CC2)c2cccc3c2CN(C2CCC(=O)NC2=O)C3=O)CC1. The minimum Gasteiger partial charge on any atom is -0.368 e. The van der Waals surface area contributed by atoms with Gasteiger partial charge in [0.2, 0.25) is 17.7 Å². The predicted octanol–water partition coefficient (Wildman–Crippen LogP) is 2.82. The molecule has 4 aliphatic rings. The molecule has 2 saturated carbocycles. The number of hydrogen-bond donors (Lipinski definition) is 2. The molecule has 0 aromatic heterocycles. The van der Waals surface area contributed by atoms with Crippen LogP contribution in [0.3, 0.4) is 0 Å². The highest BCUT2D eigenvalue weighted by Gasteiger charge is 2.41. The molecule has 9 heteroatoms. The Kier molecular flexibility index (Phi) is 8.54. The number of nitrogens with zero attached hydrogens (tertiary/aromatic N) is 3. The zero-order chi connectivity index (χ0) is 27.5. The molecule has 1 aromatic rings. The van der Waals surface area contributed by atoms with Crippen molar-refractivity contribution in [3.8, 4) is 0 Å². The summed E-state index contributed by atoms with van der Waals surface area (Å²) in [5.74, 6) is 0.210. The molecule has 4 amide bonds. The second kappa shape index (κ2) is 12.1. The number of anilines is 1. The number of hydrogen-bond acceptors (Lipinski definition) is 6. The fourth-order valence-electron chi connectivity index (χ4n) is 6.58. The van der Waals surface area contributed by atoms with E-state index >= 15 is 0 Å². The minimum absolute atomic E-state index is 0.116. The minimum atomic E-state index is -0.601. The first-order chi connectivity index (χ1) is 18.9. The van der Waals surface area contributed by atoms with Crippen molar-refractivity contribution in [1.29, 1.82) is 0 Å². The van der Waals surface area contributed by atoms with E-state index in [0.29, 0.717) is 37.2 Å². The molecule has 2 aliphatic heterocycles. The Hall–Kier alpha value is -2.94. The molecule has 9 nitrogen and oxygen atoms in total. The number of amides is 4. The summed E-state index contributed by atoms with van der Waals surface area (Å²) in [5.41, 5.74) is 2.80. The number of carbonyl (C=O) groups excluding carboxylic acids is 4. The Morgan fingerprint density at radius 2 is 1.77 bits per heavy atom. The van der Waals surface area contributed by atoms with Crippen LogP contribution in [0, 0.1) is 5.92 Å². The maximum absolute atomic E-state index is 13.4. The molecule has 0 radical (unpaired) electrons. The summed E-state index contributed by atoms with van der Waals surface area (Å²) in [6.07, 6.45) is 8.52. The van der Waals surface area contributed by atoms with Crippen LogP contribution in [0.15, 0.2) is 18.2 Å². The van der Waals surface area contributed by atoms with Crippen LogP contribution in [-0.4, -0.2) is 77.7 Å². The maximum Gasteiger partial charge on any atom is 0.255 e. The van der Waals surface area contributed by atoms with Crippen molar-refractivity contribution in [2.45, 2.75) is 96.3 Å². The highest BCUT2D eigenvalue weighted by Crippen LogP contribution is 2.39. The first-order valence-corrected chi connectivity index (χ1v) is 14.9. The highest BCUT2D eigenvalue weighted by atomic mass is 16.2. The molecular formula is C30H43N5O4. The fraction of sp³-hybridized carbons (Fsp3) is 0.667. The van der Waals surface area contributed by atoms with Gasteiger partial charge in [0, 0.05) is 61.5 Å². The van der Waals surface area contributed by atoms with Gasteiger partial charge in [-0.1, -0.05) is 18.9 Å². The van der Waals surface area contributed by atoms with Gasteiger partial charge in [0.05, 0.1) is 6.54 Å². The van der Waals surface area contributed by atoms with E-state index in [1.807, 2.05) is 30.9 Å². The van der Waals surface area contributed by atoms with E-state index in [2.05, 4.69) is 21.6 Å². The molecule has 39 heavy (non-hydrogen) atoms. The lowest BCUT2D eigenvalue weighted by Crippen LogP contribution is -2.52. The smallest absolute Gasteiger partial charge is 0.255 e. The number of benzene rings is 1. The maximum atomic E-state index is 13.4. The van der Waals surface area contributed by atoms with Crippen LogP contribution >= 0.6 is 0 Å². The summed E-state index contributed by atoms with van der Waals surface area (Å²) < 4.78 is 0. The van der Waals surface area contributed by atoms with E-state index in [-0.39, 0.29) is 30.0 Å². The first-order valence-electron chi connectivity index (χ1n) is 14.9. The summed E-state index contributed by atoms with van der Waals surface area (Å²) >= 11 is 0. The molecule has 2 N–H and O–H groups in total. The summed E-state index contributed by atoms with van der Waals surface area (Å²) in [7, 11) is 0. The Morgan fingerprint density at radius 3 is 2.44 bits per heavy atom. The molecule has 1 saturated heterocycles. The zero-order valence-corrected chi connectivity index (χ0v) is 23.4. The molecular weight excluding hydrogens is 494 g/mol. The molecule has 212 valence electrons. The summed E-state index contributed by atoms with van der Waals surface area (Å²) in [5, 5.41) is 5.91. The van der Waals surface area contributed by atoms with Gasteiger partial charge in [-0.2, -0.15) is 0 Å². The Balaban J connectivity index is 1.28. The van der Waals surface area contributed by atoms with Gasteiger partial charge in [-0.05, 0) is 70.4 Å². The molecule has 5 rings (SSSR count). The van der Waals surface area contributed by atoms with E-state index in [4.69, 9.17) is 0 Å². The van der Waals surface area contributed by atoms with E-state index < -0.39 is 6.04 Å². The molecule has 0 spiro atoms. The average Bonchev–Trinajstić information content (AvgIpc) is 3.71. The standard InChI is InChI=1S/C30H43N5O4/c1-3-33(4-2)28(37)18-31-21-10-12-22(13-11-21)34(17-16-20-8-9-20)25-7-5-6-23-24(25)19-35(30(23)39)26-14-15-27(36)32-29(26)38/h5-7,20-22,26,31H,3-4,8-19H2,1-2H3,(H,32,36,38)/t21-,22-,26?. The molecule has 2 aliphatic carbocycles. The van der Waals surface area contributed by atoms with Crippen molar-refractivity contribution >= 4 is 29.3 Å². The van der Waals surface area contributed by atoms with Gasteiger partial charge in [-0.25, -0.2) is 0 Å². The highest BCUT2D eigenvalue weighted by molar-refractivity contribution is 6.06. The number of imide groups is 1. The van der Waals surface area contributed by atoms with Crippen molar-refractivity contribution in [3.05, 3.63) is 29.3 Å². The Labute approximate surface area is 231 Å². The normalized spacial score (nSPS) is 24.9. The quantitative estimate of drug-likeness (QED) is 0.421. The van der Waals surface area contributed by atoms with Gasteiger partial charge in [0.25, 0.3) is 5.91 Å². The van der Waals surface area contributed by atoms with Crippen LogP contribution in [-0.2, 0) is 20.9 Å². The van der Waals surface area contributed by atoms with Crippen molar-refractivity contribution in [1.82, 2.24) is 20.4 Å². The fourth-order valence-corrected chi connectivity index (χ4v) is 6.58. The lowest BCUT2D eigenvalue weighted by atomic mass is 9.89. The molecule has 2 heterocycles. The number of piperidine rings is 1. The van der Waals surface area contributed by atoms with Crippen molar-refractivity contribution in [2.75, 3.05) is 31.1 Å². The van der Waals surface area contributed by atoms with Crippen LogP contribution in [0.25, 0.3) is 0 Å². The van der Waals surface area contributed by atoms with Gasteiger partial charge in [-0.3, -0.25) is 24.5 Å². The number of likely N-dealkylation sites (N-methyl/N-ethyl adjacent to an activating group) is 1. The summed E-state index contributed by atoms with van der Waals surface area (Å²) in [4.78, 5) is 56.2. The monoisotopic (exact) mass is 537 g/mol. The van der Waals surface area contributed by atoms with Crippen molar-refractivity contribution in [2.24, 2.45) is 5.92 Å². The summed E-state index contributed by atoms with van der Waals surface area (Å²) in [6.45, 7) is 7.28. The number of carbonyl (C=O) groups is 4. The largest absolute Gasteiger partial charge is 0.368 e. The zero-order valence-electron chi connectivity index (χ0n) is 23.4. The molecule has 0 bridgehead atoms. The second-order valence-corrected chi connectivity index (χ2v) is 11.6.